The van der Waals surface area contributed by atoms with Gasteiger partial charge in [0.15, 0.2) is 0 Å². The molecule has 4 rings (SSSR count). The summed E-state index contributed by atoms with van der Waals surface area (Å²) in [4.78, 5) is 42.3. The van der Waals surface area contributed by atoms with Gasteiger partial charge in [-0.25, -0.2) is 9.78 Å². The lowest BCUT2D eigenvalue weighted by Gasteiger charge is -2.13. The first-order valence-electron chi connectivity index (χ1n) is 9.50. The fraction of sp³-hybridized carbons (Fsp3) is 0.333. The molecule has 0 spiro atoms. The van der Waals surface area contributed by atoms with Gasteiger partial charge in [0.2, 0.25) is 5.91 Å². The highest BCUT2D eigenvalue weighted by molar-refractivity contribution is 7.17. The largest absolute Gasteiger partial charge is 0.455 e. The summed E-state index contributed by atoms with van der Waals surface area (Å²) < 4.78 is 6.96. The van der Waals surface area contributed by atoms with E-state index in [1.165, 1.54) is 28.7 Å². The van der Waals surface area contributed by atoms with Gasteiger partial charge < -0.3 is 10.1 Å². The number of esters is 1. The number of anilines is 1. The molecule has 0 fully saturated rings. The number of aromatic nitrogens is 2. The minimum absolute atomic E-state index is 0.109. The Morgan fingerprint density at radius 2 is 2.07 bits per heavy atom. The average Bonchev–Trinajstić information content (AvgIpc) is 3.04. The van der Waals surface area contributed by atoms with Crippen LogP contribution in [0.2, 0.25) is 0 Å². The summed E-state index contributed by atoms with van der Waals surface area (Å²) in [5.41, 5.74) is 3.02. The van der Waals surface area contributed by atoms with Gasteiger partial charge in [0.05, 0.1) is 11.3 Å². The van der Waals surface area contributed by atoms with E-state index in [0.29, 0.717) is 21.9 Å². The molecule has 3 heterocycles. The van der Waals surface area contributed by atoms with Crippen molar-refractivity contribution in [3.8, 4) is 0 Å². The van der Waals surface area contributed by atoms with Gasteiger partial charge in [-0.2, -0.15) is 0 Å². The van der Waals surface area contributed by atoms with Crippen LogP contribution in [0.25, 0.3) is 5.65 Å². The lowest BCUT2D eigenvalue weighted by atomic mass is 9.95. The van der Waals surface area contributed by atoms with Gasteiger partial charge in [-0.3, -0.25) is 14.0 Å². The normalized spacial score (nSPS) is 13.2. The van der Waals surface area contributed by atoms with Crippen LogP contribution in [0.3, 0.4) is 0 Å². The molecule has 7 nitrogen and oxygen atoms in total. The molecular formula is C21H21N3O4S. The van der Waals surface area contributed by atoms with Crippen LogP contribution in [0, 0.1) is 6.92 Å². The van der Waals surface area contributed by atoms with E-state index in [-0.39, 0.29) is 18.1 Å². The number of pyridine rings is 1. The van der Waals surface area contributed by atoms with Gasteiger partial charge in [0.1, 0.15) is 17.3 Å². The first-order valence-corrected chi connectivity index (χ1v) is 10.3. The highest BCUT2D eigenvalue weighted by Crippen LogP contribution is 2.38. The summed E-state index contributed by atoms with van der Waals surface area (Å²) in [6, 6.07) is 5.00. The molecule has 0 unspecified atom stereocenters. The number of nitrogens with one attached hydrogen (secondary N) is 1. The molecule has 0 radical (unpaired) electrons. The Bertz CT molecular complexity index is 1180. The van der Waals surface area contributed by atoms with Crippen molar-refractivity contribution in [1.29, 1.82) is 0 Å². The summed E-state index contributed by atoms with van der Waals surface area (Å²) in [6.45, 7) is 3.21. The molecule has 1 N–H and O–H groups in total. The van der Waals surface area contributed by atoms with Crippen LogP contribution < -0.4 is 10.9 Å². The van der Waals surface area contributed by atoms with E-state index in [4.69, 9.17) is 4.74 Å². The van der Waals surface area contributed by atoms with Crippen molar-refractivity contribution in [2.24, 2.45) is 0 Å². The number of ether oxygens (including phenoxy) is 1. The van der Waals surface area contributed by atoms with Gasteiger partial charge in [-0.15, -0.1) is 11.3 Å². The van der Waals surface area contributed by atoms with Crippen molar-refractivity contribution in [1.82, 2.24) is 9.38 Å². The third-order valence-electron chi connectivity index (χ3n) is 4.88. The van der Waals surface area contributed by atoms with Gasteiger partial charge in [-0.05, 0) is 49.8 Å². The maximum Gasteiger partial charge on any atom is 0.341 e. The Labute approximate surface area is 171 Å². The Morgan fingerprint density at radius 3 is 2.86 bits per heavy atom. The van der Waals surface area contributed by atoms with Crippen LogP contribution in [0.5, 0.6) is 0 Å². The third kappa shape index (κ3) is 3.93. The van der Waals surface area contributed by atoms with E-state index in [1.54, 1.807) is 12.3 Å². The number of fused-ring (bicyclic) bond motifs is 2. The molecule has 3 aromatic heterocycles. The minimum Gasteiger partial charge on any atom is -0.455 e. The molecule has 3 aromatic rings. The number of carbonyl (C=O) groups excluding carboxylic acids is 2. The van der Waals surface area contributed by atoms with Crippen LogP contribution in [-0.2, 0) is 29.0 Å². The molecule has 150 valence electrons. The molecule has 0 aromatic carbocycles. The number of nitrogens with zero attached hydrogens (tertiary/aromatic N) is 2. The highest BCUT2D eigenvalue weighted by atomic mass is 32.1. The fourth-order valence-electron chi connectivity index (χ4n) is 3.57. The van der Waals surface area contributed by atoms with Crippen LogP contribution in [0.1, 0.15) is 51.8 Å². The average molecular weight is 411 g/mol. The summed E-state index contributed by atoms with van der Waals surface area (Å²) in [7, 11) is 0. The molecule has 0 bridgehead atoms. The molecule has 8 heteroatoms. The second-order valence-electron chi connectivity index (χ2n) is 7.19. The van der Waals surface area contributed by atoms with Gasteiger partial charge in [0, 0.05) is 24.1 Å². The van der Waals surface area contributed by atoms with Crippen molar-refractivity contribution in [3.63, 3.8) is 0 Å². The topological polar surface area (TPSA) is 89.8 Å². The number of rotatable bonds is 4. The zero-order chi connectivity index (χ0) is 20.5. The number of carbonyl (C=O) groups is 2. The van der Waals surface area contributed by atoms with E-state index in [1.807, 2.05) is 13.0 Å². The van der Waals surface area contributed by atoms with Crippen LogP contribution in [-0.4, -0.2) is 21.3 Å². The summed E-state index contributed by atoms with van der Waals surface area (Å²) >= 11 is 1.44. The van der Waals surface area contributed by atoms with Crippen LogP contribution in [0.4, 0.5) is 5.00 Å². The van der Waals surface area contributed by atoms with Crippen LogP contribution in [0.15, 0.2) is 29.2 Å². The van der Waals surface area contributed by atoms with Gasteiger partial charge >= 0.3 is 5.97 Å². The second kappa shape index (κ2) is 7.79. The maximum absolute atomic E-state index is 12.9. The maximum atomic E-state index is 12.9. The van der Waals surface area contributed by atoms with E-state index in [2.05, 4.69) is 10.3 Å². The van der Waals surface area contributed by atoms with Crippen LogP contribution >= 0.6 is 11.3 Å². The summed E-state index contributed by atoms with van der Waals surface area (Å²) in [5, 5.41) is 3.30. The lowest BCUT2D eigenvalue weighted by Crippen LogP contribution is -2.17. The standard InChI is InChI=1S/C21H21N3O4S/c1-12-7-8-17-23-14(9-18(26)24(17)10-12)11-28-21(27)19-15-5-3-4-6-16(15)29-20(19)22-13(2)25/h7-10H,3-6,11H2,1-2H3,(H,22,25). The highest BCUT2D eigenvalue weighted by Gasteiger charge is 2.27. The van der Waals surface area contributed by atoms with E-state index in [0.717, 1.165) is 41.7 Å². The van der Waals surface area contributed by atoms with Crippen molar-refractivity contribution in [2.75, 3.05) is 5.32 Å². The predicted molar refractivity (Wildman–Crippen MR) is 111 cm³/mol. The van der Waals surface area contributed by atoms with Gasteiger partial charge in [-0.1, -0.05) is 6.07 Å². The molecule has 1 aliphatic rings. The first-order chi connectivity index (χ1) is 13.9. The summed E-state index contributed by atoms with van der Waals surface area (Å²) in [5.74, 6) is -0.726. The molecule has 1 aliphatic carbocycles. The quantitative estimate of drug-likeness (QED) is 0.666. The van der Waals surface area contributed by atoms with Crippen molar-refractivity contribution >= 4 is 33.9 Å². The SMILES string of the molecule is CC(=O)Nc1sc2c(c1C(=O)OCc1cc(=O)n3cc(C)ccc3n1)CCCC2. The molecule has 29 heavy (non-hydrogen) atoms. The molecule has 1 amide bonds. The second-order valence-corrected chi connectivity index (χ2v) is 8.30. The van der Waals surface area contributed by atoms with Crippen molar-refractivity contribution < 1.29 is 14.3 Å². The Balaban J connectivity index is 1.60. The number of thiophene rings is 1. The fourth-order valence-corrected chi connectivity index (χ4v) is 4.90. The number of hydrogen-bond acceptors (Lipinski definition) is 6. The van der Waals surface area contributed by atoms with E-state index >= 15 is 0 Å². The third-order valence-corrected chi connectivity index (χ3v) is 6.08. The monoisotopic (exact) mass is 411 g/mol. The number of aryl methyl sites for hydroxylation is 2. The zero-order valence-electron chi connectivity index (χ0n) is 16.3. The lowest BCUT2D eigenvalue weighted by molar-refractivity contribution is -0.114. The van der Waals surface area contributed by atoms with Gasteiger partial charge in [0.25, 0.3) is 5.56 Å². The predicted octanol–water partition coefficient (Wildman–Crippen LogP) is 3.26. The molecular weight excluding hydrogens is 390 g/mol. The molecule has 0 saturated heterocycles. The Hall–Kier alpha value is -3.00. The first kappa shape index (κ1) is 19.3. The minimum atomic E-state index is -0.501. The molecule has 0 aliphatic heterocycles. The number of hydrogen-bond donors (Lipinski definition) is 1. The Morgan fingerprint density at radius 1 is 1.28 bits per heavy atom. The summed E-state index contributed by atoms with van der Waals surface area (Å²) in [6.07, 6.45) is 5.50. The molecule has 0 saturated carbocycles. The smallest absolute Gasteiger partial charge is 0.341 e. The zero-order valence-corrected chi connectivity index (χ0v) is 17.1. The molecule has 0 atom stereocenters. The van der Waals surface area contributed by atoms with E-state index < -0.39 is 5.97 Å². The Kier molecular flexibility index (Phi) is 5.19. The van der Waals surface area contributed by atoms with E-state index in [9.17, 15) is 14.4 Å². The number of amides is 1. The van der Waals surface area contributed by atoms with Crippen molar-refractivity contribution in [3.05, 3.63) is 62.0 Å². The van der Waals surface area contributed by atoms with Crippen molar-refractivity contribution in [2.45, 2.75) is 46.1 Å².